The lowest BCUT2D eigenvalue weighted by molar-refractivity contribution is -0.267. The van der Waals surface area contributed by atoms with Gasteiger partial charge in [-0.15, -0.1) is 0 Å². The first-order valence-corrected chi connectivity index (χ1v) is 16.0. The summed E-state index contributed by atoms with van der Waals surface area (Å²) in [5.41, 5.74) is 4.75. The number of hydrogen-bond acceptors (Lipinski definition) is 11. The topological polar surface area (TPSA) is 164 Å². The van der Waals surface area contributed by atoms with Gasteiger partial charge in [0.05, 0.1) is 18.2 Å². The Morgan fingerprint density at radius 2 is 1.86 bits per heavy atom. The summed E-state index contributed by atoms with van der Waals surface area (Å²) >= 11 is 0. The highest BCUT2D eigenvalue weighted by atomic mass is 16.7. The number of Topliss-reactive ketones (excluding diaryl/α,β-unsaturated/α-hetero) is 1. The van der Waals surface area contributed by atoms with Gasteiger partial charge in [0, 0.05) is 31.1 Å². The minimum absolute atomic E-state index is 0.178. The van der Waals surface area contributed by atoms with Gasteiger partial charge in [0.2, 0.25) is 6.41 Å². The first kappa shape index (κ1) is 38.3. The van der Waals surface area contributed by atoms with Crippen molar-refractivity contribution in [2.24, 2.45) is 17.6 Å². The second kappa shape index (κ2) is 17.1. The molecule has 0 aromatic carbocycles. The summed E-state index contributed by atoms with van der Waals surface area (Å²) in [6, 6.07) is -1.39. The summed E-state index contributed by atoms with van der Waals surface area (Å²) in [7, 11) is 3.78. The number of aliphatic hydroxyl groups is 2. The quantitative estimate of drug-likeness (QED) is 0.0906. The Morgan fingerprint density at radius 3 is 2.43 bits per heavy atom. The Hall–Kier alpha value is -1.93. The highest BCUT2D eigenvalue weighted by Crippen LogP contribution is 2.32. The number of nitrogens with two attached hydrogens (primary N) is 1. The third-order valence-corrected chi connectivity index (χ3v) is 9.27. The van der Waals surface area contributed by atoms with Crippen LogP contribution in [0.4, 0.5) is 0 Å². The average molecular weight is 627 g/mol. The number of unbranched alkanes of at least 4 members (excludes halogenated alkanes) is 1. The highest BCUT2D eigenvalue weighted by Gasteiger charge is 2.48. The number of ketones is 1. The lowest BCUT2D eigenvalue weighted by atomic mass is 9.82. The maximum atomic E-state index is 13.8. The Kier molecular flexibility index (Phi) is 14.9. The third kappa shape index (κ3) is 9.31. The normalized spacial score (nSPS) is 39.2. The van der Waals surface area contributed by atoms with Crippen LogP contribution in [0.25, 0.3) is 0 Å². The average Bonchev–Trinajstić information content (AvgIpc) is 2.97. The van der Waals surface area contributed by atoms with Crippen molar-refractivity contribution in [2.75, 3.05) is 33.7 Å². The number of rotatable bonds is 10. The van der Waals surface area contributed by atoms with E-state index in [1.54, 1.807) is 25.7 Å². The molecule has 0 radical (unpaired) electrons. The number of amides is 1. The summed E-state index contributed by atoms with van der Waals surface area (Å²) in [5.74, 6) is -3.08. The van der Waals surface area contributed by atoms with Gasteiger partial charge in [0.1, 0.15) is 23.7 Å². The van der Waals surface area contributed by atoms with Crippen LogP contribution in [0.3, 0.4) is 0 Å². The molecule has 5 N–H and O–H groups in total. The van der Waals surface area contributed by atoms with Crippen LogP contribution in [-0.2, 0) is 28.6 Å². The molecule has 1 amide bonds. The largest absolute Gasteiger partial charge is 0.459 e. The molecule has 11 atom stereocenters. The second-order valence-electron chi connectivity index (χ2n) is 13.0. The SMILES string of the molecule is CC[C@H]1OC(=O)[C@H](C)C(=O)[C@@H](C)[C@@H](O[C@@H]2O[C@H](C)CC(N(C)C)C2O)/C(C)=C/CN[C@H](C)[C@@H](N(C=O)CCCCN)[C@]1(C)O. The van der Waals surface area contributed by atoms with Crippen molar-refractivity contribution < 1.29 is 38.8 Å². The van der Waals surface area contributed by atoms with Crippen molar-refractivity contribution in [2.45, 2.75) is 129 Å². The van der Waals surface area contributed by atoms with Gasteiger partial charge in [0.25, 0.3) is 0 Å². The van der Waals surface area contributed by atoms with Gasteiger partial charge >= 0.3 is 5.97 Å². The number of ether oxygens (including phenoxy) is 3. The van der Waals surface area contributed by atoms with E-state index in [1.165, 1.54) is 6.92 Å². The number of carbonyl (C=O) groups excluding carboxylic acids is 3. The van der Waals surface area contributed by atoms with Crippen LogP contribution in [0.15, 0.2) is 11.6 Å². The van der Waals surface area contributed by atoms with Crippen molar-refractivity contribution >= 4 is 18.2 Å². The van der Waals surface area contributed by atoms with E-state index in [4.69, 9.17) is 19.9 Å². The van der Waals surface area contributed by atoms with Gasteiger partial charge in [-0.05, 0) is 86.5 Å². The van der Waals surface area contributed by atoms with E-state index in [9.17, 15) is 24.6 Å². The van der Waals surface area contributed by atoms with Crippen molar-refractivity contribution in [1.82, 2.24) is 15.1 Å². The fourth-order valence-electron chi connectivity index (χ4n) is 6.59. The number of likely N-dealkylation sites (N-methyl/N-ethyl adjacent to an activating group) is 1. The summed E-state index contributed by atoms with van der Waals surface area (Å²) in [4.78, 5) is 43.0. The van der Waals surface area contributed by atoms with Gasteiger partial charge in [0.15, 0.2) is 12.1 Å². The van der Waals surface area contributed by atoms with Crippen molar-refractivity contribution in [3.63, 3.8) is 0 Å². The molecular weight excluding hydrogens is 568 g/mol. The second-order valence-corrected chi connectivity index (χ2v) is 13.0. The molecule has 0 aromatic rings. The molecule has 0 spiro atoms. The number of nitrogens with one attached hydrogen (secondary N) is 1. The molecule has 2 aliphatic heterocycles. The molecule has 0 aromatic heterocycles. The maximum Gasteiger partial charge on any atom is 0.316 e. The molecule has 254 valence electrons. The van der Waals surface area contributed by atoms with Crippen LogP contribution in [-0.4, -0.2) is 126 Å². The van der Waals surface area contributed by atoms with Crippen LogP contribution in [0.1, 0.15) is 74.1 Å². The lowest BCUT2D eigenvalue weighted by Crippen LogP contribution is -2.65. The maximum absolute atomic E-state index is 13.8. The molecule has 44 heavy (non-hydrogen) atoms. The zero-order valence-corrected chi connectivity index (χ0v) is 28.2. The molecule has 2 aliphatic rings. The van der Waals surface area contributed by atoms with Crippen LogP contribution in [0.2, 0.25) is 0 Å². The first-order valence-electron chi connectivity index (χ1n) is 16.0. The molecule has 0 bridgehead atoms. The molecule has 1 fully saturated rings. The molecule has 0 saturated carbocycles. The van der Waals surface area contributed by atoms with E-state index >= 15 is 0 Å². The predicted octanol–water partition coefficient (Wildman–Crippen LogP) is 1.22. The number of hydrogen-bond donors (Lipinski definition) is 4. The number of cyclic esters (lactones) is 1. The summed E-state index contributed by atoms with van der Waals surface area (Å²) in [6.07, 6.45) is 0.948. The zero-order valence-electron chi connectivity index (χ0n) is 28.2. The lowest BCUT2D eigenvalue weighted by Gasteiger charge is -2.46. The number of esters is 1. The van der Waals surface area contributed by atoms with Gasteiger partial charge in [-0.25, -0.2) is 0 Å². The van der Waals surface area contributed by atoms with Crippen molar-refractivity contribution in [3.05, 3.63) is 11.6 Å². The van der Waals surface area contributed by atoms with Crippen LogP contribution in [0, 0.1) is 11.8 Å². The summed E-state index contributed by atoms with van der Waals surface area (Å²) in [6.45, 7) is 13.4. The Morgan fingerprint density at radius 1 is 1.20 bits per heavy atom. The van der Waals surface area contributed by atoms with Gasteiger partial charge < -0.3 is 45.3 Å². The Bertz CT molecular complexity index is 976. The standard InChI is InChI=1S/C32H58N4O8/c1-10-25-32(7,41)29(36(18-37)16-12-11-14-33)23(6)34-15-13-19(2)28(21(4)26(38)22(5)30(40)43-25)44-31-27(39)24(35(8)9)17-20(3)42-31/h13,18,20-25,27-29,31,34,39,41H,10-12,14-17,33H2,1-9H3/b19-13+/t20-,21-,22-,23-,24?,25-,27?,28+,29-,31+,32-/m1/s1. The van der Waals surface area contributed by atoms with Crippen LogP contribution < -0.4 is 11.1 Å². The minimum atomic E-state index is -1.64. The van der Waals surface area contributed by atoms with Gasteiger partial charge in [-0.1, -0.05) is 19.9 Å². The van der Waals surface area contributed by atoms with E-state index in [0.29, 0.717) is 50.9 Å². The van der Waals surface area contributed by atoms with Crippen LogP contribution >= 0.6 is 0 Å². The van der Waals surface area contributed by atoms with Gasteiger partial charge in [-0.2, -0.15) is 0 Å². The third-order valence-electron chi connectivity index (χ3n) is 9.27. The predicted molar refractivity (Wildman–Crippen MR) is 168 cm³/mol. The van der Waals surface area contributed by atoms with Crippen molar-refractivity contribution in [3.8, 4) is 0 Å². The monoisotopic (exact) mass is 626 g/mol. The summed E-state index contributed by atoms with van der Waals surface area (Å²) in [5, 5.41) is 26.5. The molecule has 2 unspecified atom stereocenters. The zero-order chi connectivity index (χ0) is 33.4. The molecule has 2 heterocycles. The fraction of sp³-hybridized carbons (Fsp3) is 0.844. The van der Waals surface area contributed by atoms with E-state index in [0.717, 1.165) is 0 Å². The number of aliphatic hydroxyl groups excluding tert-OH is 1. The Labute approximate surface area is 263 Å². The van der Waals surface area contributed by atoms with E-state index in [1.807, 2.05) is 45.8 Å². The van der Waals surface area contributed by atoms with Gasteiger partial charge in [-0.3, -0.25) is 14.4 Å². The smallest absolute Gasteiger partial charge is 0.316 e. The molecule has 12 heteroatoms. The molecule has 0 aliphatic carbocycles. The van der Waals surface area contributed by atoms with E-state index < -0.39 is 65.9 Å². The van der Waals surface area contributed by atoms with Crippen molar-refractivity contribution in [1.29, 1.82) is 0 Å². The first-order chi connectivity index (χ1) is 20.6. The number of carbonyl (C=O) groups is 3. The highest BCUT2D eigenvalue weighted by molar-refractivity contribution is 6.00. The molecule has 2 rings (SSSR count). The molecular formula is C32H58N4O8. The summed E-state index contributed by atoms with van der Waals surface area (Å²) < 4.78 is 18.3. The Balaban J connectivity index is 2.52. The molecule has 1 saturated heterocycles. The van der Waals surface area contributed by atoms with E-state index in [-0.39, 0.29) is 18.6 Å². The fourth-order valence-corrected chi connectivity index (χ4v) is 6.59. The van der Waals surface area contributed by atoms with E-state index in [2.05, 4.69) is 5.32 Å². The number of nitrogens with zero attached hydrogens (tertiary/aromatic N) is 2. The molecule has 12 nitrogen and oxygen atoms in total. The van der Waals surface area contributed by atoms with Crippen LogP contribution in [0.5, 0.6) is 0 Å². The minimum Gasteiger partial charge on any atom is -0.459 e.